The minimum atomic E-state index is -0.818. The van der Waals surface area contributed by atoms with Gasteiger partial charge in [0, 0.05) is 12.1 Å². The van der Waals surface area contributed by atoms with Crippen molar-refractivity contribution in [2.45, 2.75) is 32.2 Å². The van der Waals surface area contributed by atoms with Crippen LogP contribution in [0.1, 0.15) is 25.3 Å². The molecule has 0 fully saturated rings. The first-order chi connectivity index (χ1) is 8.52. The number of carbonyl (C=O) groups excluding carboxylic acids is 1. The molecule has 0 aromatic heterocycles. The second-order valence-corrected chi connectivity index (χ2v) is 4.09. The van der Waals surface area contributed by atoms with Crippen LogP contribution < -0.4 is 11.1 Å². The van der Waals surface area contributed by atoms with Crippen molar-refractivity contribution in [3.05, 3.63) is 29.8 Å². The highest BCUT2D eigenvalue weighted by Gasteiger charge is 2.10. The molecule has 0 heterocycles. The number of rotatable bonds is 6. The maximum absolute atomic E-state index is 11.5. The number of amides is 1. The highest BCUT2D eigenvalue weighted by atomic mass is 16.4. The quantitative estimate of drug-likeness (QED) is 0.711. The van der Waals surface area contributed by atoms with Crippen LogP contribution in [0.5, 0.6) is 0 Å². The fourth-order valence-corrected chi connectivity index (χ4v) is 1.43. The summed E-state index contributed by atoms with van der Waals surface area (Å²) in [6.07, 6.45) is 1.17. The van der Waals surface area contributed by atoms with Gasteiger partial charge >= 0.3 is 5.97 Å². The van der Waals surface area contributed by atoms with Crippen molar-refractivity contribution in [1.29, 1.82) is 0 Å². The van der Waals surface area contributed by atoms with Crippen LogP contribution in [-0.2, 0) is 16.0 Å². The number of carbonyl (C=O) groups is 2. The zero-order chi connectivity index (χ0) is 13.5. The maximum atomic E-state index is 11.5. The van der Waals surface area contributed by atoms with Gasteiger partial charge < -0.3 is 16.2 Å². The van der Waals surface area contributed by atoms with Crippen LogP contribution in [0, 0.1) is 0 Å². The fourth-order valence-electron chi connectivity index (χ4n) is 1.43. The van der Waals surface area contributed by atoms with Crippen LogP contribution in [0.4, 0.5) is 5.69 Å². The van der Waals surface area contributed by atoms with Crippen LogP contribution in [0.15, 0.2) is 24.3 Å². The maximum Gasteiger partial charge on any atom is 0.303 e. The number of carboxylic acids is 1. The van der Waals surface area contributed by atoms with Crippen molar-refractivity contribution < 1.29 is 14.7 Å². The standard InChI is InChI=1S/C13H18N2O3/c1-2-11(14)13(18)15-10-6-3-9(4-7-10)5-8-12(16)17/h3-4,6-7,11H,2,5,8,14H2,1H3,(H,15,18)(H,16,17)/t11-/m1/s1. The van der Waals surface area contributed by atoms with Crippen molar-refractivity contribution in [3.8, 4) is 0 Å². The lowest BCUT2D eigenvalue weighted by Gasteiger charge is -2.10. The van der Waals surface area contributed by atoms with Gasteiger partial charge in [-0.2, -0.15) is 0 Å². The van der Waals surface area contributed by atoms with Crippen LogP contribution >= 0.6 is 0 Å². The van der Waals surface area contributed by atoms with E-state index in [4.69, 9.17) is 10.8 Å². The summed E-state index contributed by atoms with van der Waals surface area (Å²) < 4.78 is 0. The van der Waals surface area contributed by atoms with Crippen molar-refractivity contribution in [2.75, 3.05) is 5.32 Å². The Kier molecular flexibility index (Phi) is 5.32. The summed E-state index contributed by atoms with van der Waals surface area (Å²) in [4.78, 5) is 22.0. The van der Waals surface area contributed by atoms with Crippen molar-refractivity contribution in [1.82, 2.24) is 0 Å². The van der Waals surface area contributed by atoms with Crippen LogP contribution in [0.2, 0.25) is 0 Å². The Hall–Kier alpha value is -1.88. The normalized spacial score (nSPS) is 11.9. The summed E-state index contributed by atoms with van der Waals surface area (Å²) in [7, 11) is 0. The molecule has 5 heteroatoms. The number of hydrogen-bond donors (Lipinski definition) is 3. The topological polar surface area (TPSA) is 92.4 Å². The van der Waals surface area contributed by atoms with Gasteiger partial charge in [-0.15, -0.1) is 0 Å². The van der Waals surface area contributed by atoms with E-state index in [1.165, 1.54) is 0 Å². The van der Waals surface area contributed by atoms with Crippen LogP contribution in [-0.4, -0.2) is 23.0 Å². The lowest BCUT2D eigenvalue weighted by atomic mass is 10.1. The van der Waals surface area contributed by atoms with E-state index in [2.05, 4.69) is 5.32 Å². The molecule has 5 nitrogen and oxygen atoms in total. The Morgan fingerprint density at radius 3 is 2.44 bits per heavy atom. The van der Waals surface area contributed by atoms with E-state index in [1.54, 1.807) is 24.3 Å². The van der Waals surface area contributed by atoms with E-state index in [-0.39, 0.29) is 12.3 Å². The summed E-state index contributed by atoms with van der Waals surface area (Å²) >= 11 is 0. The molecule has 0 aliphatic carbocycles. The lowest BCUT2D eigenvalue weighted by molar-refractivity contribution is -0.137. The molecule has 0 spiro atoms. The molecular weight excluding hydrogens is 232 g/mol. The number of carboxylic acid groups (broad SMARTS) is 1. The Morgan fingerprint density at radius 1 is 1.33 bits per heavy atom. The second kappa shape index (κ2) is 6.76. The van der Waals surface area contributed by atoms with Crippen LogP contribution in [0.3, 0.4) is 0 Å². The zero-order valence-corrected chi connectivity index (χ0v) is 10.3. The molecule has 1 amide bonds. The average molecular weight is 250 g/mol. The van der Waals surface area contributed by atoms with Gasteiger partial charge in [0.05, 0.1) is 6.04 Å². The summed E-state index contributed by atoms with van der Waals surface area (Å²) in [5.74, 6) is -1.03. The number of nitrogens with two attached hydrogens (primary N) is 1. The molecule has 18 heavy (non-hydrogen) atoms. The van der Waals surface area contributed by atoms with Gasteiger partial charge in [-0.1, -0.05) is 19.1 Å². The highest BCUT2D eigenvalue weighted by molar-refractivity contribution is 5.94. The first kappa shape index (κ1) is 14.2. The van der Waals surface area contributed by atoms with Crippen molar-refractivity contribution >= 4 is 17.6 Å². The molecule has 1 aromatic carbocycles. The molecule has 1 rings (SSSR count). The van der Waals surface area contributed by atoms with E-state index >= 15 is 0 Å². The number of nitrogens with one attached hydrogen (secondary N) is 1. The van der Waals surface area contributed by atoms with Gasteiger partial charge in [0.2, 0.25) is 5.91 Å². The summed E-state index contributed by atoms with van der Waals surface area (Å²) in [6, 6.07) is 6.60. The molecule has 98 valence electrons. The Morgan fingerprint density at radius 2 is 1.94 bits per heavy atom. The molecule has 0 bridgehead atoms. The van der Waals surface area contributed by atoms with Crippen molar-refractivity contribution in [2.24, 2.45) is 5.73 Å². The van der Waals surface area contributed by atoms with Gasteiger partial charge in [0.1, 0.15) is 0 Å². The van der Waals surface area contributed by atoms with Crippen molar-refractivity contribution in [3.63, 3.8) is 0 Å². The largest absolute Gasteiger partial charge is 0.481 e. The molecule has 0 radical (unpaired) electrons. The monoisotopic (exact) mass is 250 g/mol. The first-order valence-corrected chi connectivity index (χ1v) is 5.90. The summed E-state index contributed by atoms with van der Waals surface area (Å²) in [5, 5.41) is 11.3. The predicted octanol–water partition coefficient (Wildman–Crippen LogP) is 1.38. The predicted molar refractivity (Wildman–Crippen MR) is 69.3 cm³/mol. The molecular formula is C13H18N2O3. The Labute approximate surface area is 106 Å². The van der Waals surface area contributed by atoms with E-state index < -0.39 is 12.0 Å². The molecule has 1 atom stereocenters. The van der Waals surface area contributed by atoms with E-state index in [9.17, 15) is 9.59 Å². The highest BCUT2D eigenvalue weighted by Crippen LogP contribution is 2.11. The third-order valence-electron chi connectivity index (χ3n) is 2.63. The fraction of sp³-hybridized carbons (Fsp3) is 0.385. The molecule has 1 aromatic rings. The number of aliphatic carboxylic acids is 1. The van der Waals surface area contributed by atoms with Crippen LogP contribution in [0.25, 0.3) is 0 Å². The van der Waals surface area contributed by atoms with E-state index in [0.717, 1.165) is 5.56 Å². The number of anilines is 1. The van der Waals surface area contributed by atoms with E-state index in [1.807, 2.05) is 6.92 Å². The smallest absolute Gasteiger partial charge is 0.303 e. The molecule has 0 aliphatic rings. The van der Waals surface area contributed by atoms with Gasteiger partial charge in [-0.25, -0.2) is 0 Å². The average Bonchev–Trinajstić information content (AvgIpc) is 2.36. The summed E-state index contributed by atoms with van der Waals surface area (Å²) in [5.41, 5.74) is 7.19. The minimum Gasteiger partial charge on any atom is -0.481 e. The second-order valence-electron chi connectivity index (χ2n) is 4.09. The molecule has 4 N–H and O–H groups in total. The molecule has 0 saturated carbocycles. The number of hydrogen-bond acceptors (Lipinski definition) is 3. The SMILES string of the molecule is CC[C@@H](N)C(=O)Nc1ccc(CCC(=O)O)cc1. The first-order valence-electron chi connectivity index (χ1n) is 5.90. The number of benzene rings is 1. The van der Waals surface area contributed by atoms with Gasteiger partial charge in [-0.05, 0) is 30.5 Å². The third kappa shape index (κ3) is 4.55. The number of aryl methyl sites for hydroxylation is 1. The minimum absolute atomic E-state index is 0.104. The van der Waals surface area contributed by atoms with Gasteiger partial charge in [0.15, 0.2) is 0 Å². The van der Waals surface area contributed by atoms with E-state index in [0.29, 0.717) is 18.5 Å². The summed E-state index contributed by atoms with van der Waals surface area (Å²) in [6.45, 7) is 1.85. The van der Waals surface area contributed by atoms with Gasteiger partial charge in [0.25, 0.3) is 0 Å². The molecule has 0 unspecified atom stereocenters. The third-order valence-corrected chi connectivity index (χ3v) is 2.63. The Bertz CT molecular complexity index is 415. The van der Waals surface area contributed by atoms with Gasteiger partial charge in [-0.3, -0.25) is 9.59 Å². The zero-order valence-electron chi connectivity index (χ0n) is 10.3. The lowest BCUT2D eigenvalue weighted by Crippen LogP contribution is -2.34. The molecule has 0 saturated heterocycles. The molecule has 0 aliphatic heterocycles. The Balaban J connectivity index is 2.55.